The molecule has 0 aliphatic rings. The van der Waals surface area contributed by atoms with Crippen molar-refractivity contribution in [3.8, 4) is 0 Å². The molecule has 2 nitrogen and oxygen atoms in total. The van der Waals surface area contributed by atoms with Crippen molar-refractivity contribution in [3.05, 3.63) is 25.3 Å². The first-order chi connectivity index (χ1) is 5.06. The highest BCUT2D eigenvalue weighted by Crippen LogP contribution is 2.29. The average molecular weight is 156 g/mol. The summed E-state index contributed by atoms with van der Waals surface area (Å²) in [5.41, 5.74) is -0.524. The molecule has 0 saturated carbocycles. The molecule has 0 aliphatic heterocycles. The molecule has 0 saturated heterocycles. The third kappa shape index (κ3) is 2.87. The lowest BCUT2D eigenvalue weighted by molar-refractivity contribution is -0.126. The molecule has 0 unspecified atom stereocenters. The van der Waals surface area contributed by atoms with Gasteiger partial charge >= 0.3 is 0 Å². The van der Waals surface area contributed by atoms with E-state index in [0.29, 0.717) is 12.8 Å². The van der Waals surface area contributed by atoms with Gasteiger partial charge in [-0.1, -0.05) is 19.1 Å². The standard InChI is InChI=1S/C9H16O2/c1-4-6-9(3,7-5-2)8(10)11/h4-5,8,10-11H,1-2,6-7H2,3H3. The van der Waals surface area contributed by atoms with Crippen molar-refractivity contribution in [1.82, 2.24) is 0 Å². The molecule has 0 aromatic heterocycles. The van der Waals surface area contributed by atoms with Crippen LogP contribution in [0.3, 0.4) is 0 Å². The van der Waals surface area contributed by atoms with Crippen LogP contribution in [0.2, 0.25) is 0 Å². The number of rotatable bonds is 5. The first kappa shape index (κ1) is 10.4. The fourth-order valence-corrected chi connectivity index (χ4v) is 0.954. The van der Waals surface area contributed by atoms with Crippen LogP contribution in [-0.4, -0.2) is 16.5 Å². The lowest BCUT2D eigenvalue weighted by Crippen LogP contribution is -2.30. The van der Waals surface area contributed by atoms with E-state index in [9.17, 15) is 0 Å². The maximum absolute atomic E-state index is 8.99. The summed E-state index contributed by atoms with van der Waals surface area (Å²) in [5.74, 6) is 0. The van der Waals surface area contributed by atoms with Crippen molar-refractivity contribution in [1.29, 1.82) is 0 Å². The summed E-state index contributed by atoms with van der Waals surface area (Å²) >= 11 is 0. The Morgan fingerprint density at radius 2 is 1.64 bits per heavy atom. The summed E-state index contributed by atoms with van der Waals surface area (Å²) in [7, 11) is 0. The Hall–Kier alpha value is -0.600. The van der Waals surface area contributed by atoms with Crippen LogP contribution in [0.25, 0.3) is 0 Å². The Labute approximate surface area is 67.9 Å². The summed E-state index contributed by atoms with van der Waals surface area (Å²) in [6.45, 7) is 8.90. The molecule has 0 amide bonds. The molecule has 0 rings (SSSR count). The SMILES string of the molecule is C=CCC(C)(CC=C)C(O)O. The van der Waals surface area contributed by atoms with Crippen molar-refractivity contribution < 1.29 is 10.2 Å². The Bertz CT molecular complexity index is 128. The van der Waals surface area contributed by atoms with Gasteiger partial charge < -0.3 is 10.2 Å². The number of hydrogen-bond acceptors (Lipinski definition) is 2. The van der Waals surface area contributed by atoms with Gasteiger partial charge in [0, 0.05) is 5.41 Å². The minimum atomic E-state index is -1.31. The zero-order valence-corrected chi connectivity index (χ0v) is 6.95. The minimum Gasteiger partial charge on any atom is -0.368 e. The molecule has 0 aliphatic carbocycles. The molecule has 0 atom stereocenters. The highest BCUT2D eigenvalue weighted by atomic mass is 16.5. The van der Waals surface area contributed by atoms with Crippen LogP contribution in [0.4, 0.5) is 0 Å². The second-order valence-corrected chi connectivity index (χ2v) is 3.01. The van der Waals surface area contributed by atoms with E-state index >= 15 is 0 Å². The predicted molar refractivity (Wildman–Crippen MR) is 46.0 cm³/mol. The number of aliphatic hydroxyl groups excluding tert-OH is 1. The van der Waals surface area contributed by atoms with Gasteiger partial charge in [-0.3, -0.25) is 0 Å². The van der Waals surface area contributed by atoms with Gasteiger partial charge in [0.15, 0.2) is 6.29 Å². The van der Waals surface area contributed by atoms with Crippen LogP contribution in [0, 0.1) is 5.41 Å². The van der Waals surface area contributed by atoms with Gasteiger partial charge in [-0.2, -0.15) is 0 Å². The Morgan fingerprint density at radius 3 is 1.82 bits per heavy atom. The normalized spacial score (nSPS) is 11.6. The van der Waals surface area contributed by atoms with Crippen LogP contribution in [0.1, 0.15) is 19.8 Å². The predicted octanol–water partition coefficient (Wildman–Crippen LogP) is 1.46. The van der Waals surface area contributed by atoms with Gasteiger partial charge in [0.05, 0.1) is 0 Å². The molecular formula is C9H16O2. The van der Waals surface area contributed by atoms with E-state index in [-0.39, 0.29) is 0 Å². The lowest BCUT2D eigenvalue weighted by Gasteiger charge is -2.28. The summed E-state index contributed by atoms with van der Waals surface area (Å²) in [4.78, 5) is 0. The molecule has 64 valence electrons. The molecule has 0 aromatic carbocycles. The summed E-state index contributed by atoms with van der Waals surface area (Å²) in [6.07, 6.45) is 3.22. The van der Waals surface area contributed by atoms with Crippen LogP contribution < -0.4 is 0 Å². The number of hydrogen-bond donors (Lipinski definition) is 2. The Balaban J connectivity index is 4.23. The van der Waals surface area contributed by atoms with Crippen molar-refractivity contribution in [3.63, 3.8) is 0 Å². The van der Waals surface area contributed by atoms with Crippen LogP contribution >= 0.6 is 0 Å². The van der Waals surface area contributed by atoms with Gasteiger partial charge in [-0.15, -0.1) is 13.2 Å². The zero-order chi connectivity index (χ0) is 8.91. The molecule has 0 spiro atoms. The fourth-order valence-electron chi connectivity index (χ4n) is 0.954. The topological polar surface area (TPSA) is 40.5 Å². The Morgan fingerprint density at radius 1 is 1.27 bits per heavy atom. The van der Waals surface area contributed by atoms with E-state index in [0.717, 1.165) is 0 Å². The molecule has 11 heavy (non-hydrogen) atoms. The van der Waals surface area contributed by atoms with Gasteiger partial charge in [0.1, 0.15) is 0 Å². The molecular weight excluding hydrogens is 140 g/mol. The maximum Gasteiger partial charge on any atom is 0.157 e. The number of aliphatic hydroxyl groups is 2. The fraction of sp³-hybridized carbons (Fsp3) is 0.556. The van der Waals surface area contributed by atoms with Crippen LogP contribution in [0.5, 0.6) is 0 Å². The van der Waals surface area contributed by atoms with E-state index in [2.05, 4.69) is 13.2 Å². The smallest absolute Gasteiger partial charge is 0.157 e. The first-order valence-electron chi connectivity index (χ1n) is 3.65. The minimum absolute atomic E-state index is 0.524. The van der Waals surface area contributed by atoms with Crippen molar-refractivity contribution in [2.45, 2.75) is 26.1 Å². The van der Waals surface area contributed by atoms with Crippen molar-refractivity contribution in [2.24, 2.45) is 5.41 Å². The van der Waals surface area contributed by atoms with E-state index in [1.165, 1.54) is 0 Å². The van der Waals surface area contributed by atoms with Gasteiger partial charge in [-0.05, 0) is 12.8 Å². The molecule has 0 heterocycles. The van der Waals surface area contributed by atoms with Crippen molar-refractivity contribution >= 4 is 0 Å². The second kappa shape index (κ2) is 4.31. The summed E-state index contributed by atoms with van der Waals surface area (Å²) in [6, 6.07) is 0. The third-order valence-electron chi connectivity index (χ3n) is 1.84. The van der Waals surface area contributed by atoms with Gasteiger partial charge in [0.2, 0.25) is 0 Å². The molecule has 0 bridgehead atoms. The molecule has 0 aromatic rings. The van der Waals surface area contributed by atoms with Crippen LogP contribution in [0.15, 0.2) is 25.3 Å². The maximum atomic E-state index is 8.99. The quantitative estimate of drug-likeness (QED) is 0.467. The summed E-state index contributed by atoms with van der Waals surface area (Å²) in [5, 5.41) is 18.0. The molecule has 0 fully saturated rings. The first-order valence-corrected chi connectivity index (χ1v) is 3.65. The Kier molecular flexibility index (Phi) is 4.08. The number of allylic oxidation sites excluding steroid dienone is 2. The molecule has 0 radical (unpaired) electrons. The van der Waals surface area contributed by atoms with Crippen molar-refractivity contribution in [2.75, 3.05) is 0 Å². The highest BCUT2D eigenvalue weighted by Gasteiger charge is 2.28. The lowest BCUT2D eigenvalue weighted by atomic mass is 9.83. The van der Waals surface area contributed by atoms with E-state index in [4.69, 9.17) is 10.2 Å². The van der Waals surface area contributed by atoms with Gasteiger partial charge in [-0.25, -0.2) is 0 Å². The average Bonchev–Trinajstić information content (AvgIpc) is 1.88. The van der Waals surface area contributed by atoms with Gasteiger partial charge in [0.25, 0.3) is 0 Å². The second-order valence-electron chi connectivity index (χ2n) is 3.01. The van der Waals surface area contributed by atoms with Crippen LogP contribution in [-0.2, 0) is 0 Å². The molecule has 2 N–H and O–H groups in total. The largest absolute Gasteiger partial charge is 0.368 e. The van der Waals surface area contributed by atoms with E-state index in [1.807, 2.05) is 0 Å². The highest BCUT2D eigenvalue weighted by molar-refractivity contribution is 4.89. The zero-order valence-electron chi connectivity index (χ0n) is 6.95. The van der Waals surface area contributed by atoms with E-state index in [1.54, 1.807) is 19.1 Å². The van der Waals surface area contributed by atoms with E-state index < -0.39 is 11.7 Å². The monoisotopic (exact) mass is 156 g/mol. The third-order valence-corrected chi connectivity index (χ3v) is 1.84. The molecule has 2 heteroatoms. The summed E-state index contributed by atoms with van der Waals surface area (Å²) < 4.78 is 0.